The summed E-state index contributed by atoms with van der Waals surface area (Å²) in [7, 11) is 0. The molecule has 0 amide bonds. The van der Waals surface area contributed by atoms with Gasteiger partial charge >= 0.3 is 6.18 Å². The molecule has 1 saturated heterocycles. The van der Waals surface area contributed by atoms with Gasteiger partial charge in [-0.15, -0.1) is 0 Å². The van der Waals surface area contributed by atoms with Gasteiger partial charge in [-0.3, -0.25) is 0 Å². The first-order valence-corrected chi connectivity index (χ1v) is 7.21. The van der Waals surface area contributed by atoms with Crippen molar-refractivity contribution in [3.63, 3.8) is 0 Å². The van der Waals surface area contributed by atoms with E-state index in [1.807, 2.05) is 0 Å². The highest BCUT2D eigenvalue weighted by Crippen LogP contribution is 2.37. The van der Waals surface area contributed by atoms with E-state index in [0.29, 0.717) is 0 Å². The standard InChI is InChI=1S/C12H13ClF3NS/c13-8-3-4-11(10(6-8)12(14,15)16)17-9-2-1-5-18-7-9/h3-4,6,9,17H,1-2,5,7H2. The average Bonchev–Trinajstić information content (AvgIpc) is 2.31. The van der Waals surface area contributed by atoms with Gasteiger partial charge in [0.1, 0.15) is 0 Å². The van der Waals surface area contributed by atoms with Gasteiger partial charge in [0.2, 0.25) is 0 Å². The topological polar surface area (TPSA) is 12.0 Å². The highest BCUT2D eigenvalue weighted by molar-refractivity contribution is 7.99. The smallest absolute Gasteiger partial charge is 0.381 e. The van der Waals surface area contributed by atoms with E-state index in [1.165, 1.54) is 12.1 Å². The molecule has 1 nitrogen and oxygen atoms in total. The Morgan fingerprint density at radius 2 is 2.11 bits per heavy atom. The van der Waals surface area contributed by atoms with Crippen molar-refractivity contribution in [3.8, 4) is 0 Å². The van der Waals surface area contributed by atoms with Crippen LogP contribution in [0.1, 0.15) is 18.4 Å². The van der Waals surface area contributed by atoms with Gasteiger partial charge in [0.05, 0.1) is 5.56 Å². The van der Waals surface area contributed by atoms with E-state index < -0.39 is 11.7 Å². The Balaban J connectivity index is 2.21. The van der Waals surface area contributed by atoms with Gasteiger partial charge in [0.15, 0.2) is 0 Å². The van der Waals surface area contributed by atoms with Crippen molar-refractivity contribution in [2.75, 3.05) is 16.8 Å². The molecule has 1 aromatic carbocycles. The highest BCUT2D eigenvalue weighted by Gasteiger charge is 2.34. The molecule has 0 aliphatic carbocycles. The third kappa shape index (κ3) is 3.48. The lowest BCUT2D eigenvalue weighted by Gasteiger charge is -2.25. The lowest BCUT2D eigenvalue weighted by Crippen LogP contribution is -2.27. The zero-order valence-corrected chi connectivity index (χ0v) is 11.1. The summed E-state index contributed by atoms with van der Waals surface area (Å²) in [5.41, 5.74) is -0.565. The van der Waals surface area contributed by atoms with Crippen molar-refractivity contribution in [2.24, 2.45) is 0 Å². The largest absolute Gasteiger partial charge is 0.418 e. The maximum atomic E-state index is 12.9. The third-order valence-corrected chi connectivity index (χ3v) is 4.26. The van der Waals surface area contributed by atoms with E-state index in [-0.39, 0.29) is 16.8 Å². The molecule has 1 aliphatic rings. The van der Waals surface area contributed by atoms with Crippen LogP contribution in [0.5, 0.6) is 0 Å². The van der Waals surface area contributed by atoms with Crippen LogP contribution in [-0.2, 0) is 6.18 Å². The van der Waals surface area contributed by atoms with Crippen molar-refractivity contribution in [1.82, 2.24) is 0 Å². The first kappa shape index (κ1) is 13.9. The minimum absolute atomic E-state index is 0.103. The maximum absolute atomic E-state index is 12.9. The third-order valence-electron chi connectivity index (χ3n) is 2.81. The molecule has 1 aliphatic heterocycles. The summed E-state index contributed by atoms with van der Waals surface area (Å²) in [5.74, 6) is 1.94. The normalized spacial score (nSPS) is 20.8. The molecular formula is C12H13ClF3NS. The highest BCUT2D eigenvalue weighted by atomic mass is 35.5. The van der Waals surface area contributed by atoms with E-state index >= 15 is 0 Å². The van der Waals surface area contributed by atoms with Crippen LogP contribution in [0.2, 0.25) is 5.02 Å². The first-order chi connectivity index (χ1) is 8.47. The second kappa shape index (κ2) is 5.61. The molecule has 1 heterocycles. The quantitative estimate of drug-likeness (QED) is 0.851. The van der Waals surface area contributed by atoms with Crippen molar-refractivity contribution in [2.45, 2.75) is 25.1 Å². The second-order valence-corrected chi connectivity index (χ2v) is 5.83. The van der Waals surface area contributed by atoms with Crippen LogP contribution in [0.25, 0.3) is 0 Å². The lowest BCUT2D eigenvalue weighted by atomic mass is 10.1. The molecule has 0 bridgehead atoms. The molecule has 1 atom stereocenters. The Morgan fingerprint density at radius 3 is 2.72 bits per heavy atom. The van der Waals surface area contributed by atoms with E-state index in [2.05, 4.69) is 5.32 Å². The van der Waals surface area contributed by atoms with Gasteiger partial charge in [-0.25, -0.2) is 0 Å². The number of rotatable bonds is 2. The second-order valence-electron chi connectivity index (χ2n) is 4.25. The number of benzene rings is 1. The number of alkyl halides is 3. The van der Waals surface area contributed by atoms with E-state index in [9.17, 15) is 13.2 Å². The van der Waals surface area contributed by atoms with Crippen molar-refractivity contribution in [1.29, 1.82) is 0 Å². The summed E-state index contributed by atoms with van der Waals surface area (Å²) in [4.78, 5) is 0. The first-order valence-electron chi connectivity index (χ1n) is 5.68. The summed E-state index contributed by atoms with van der Waals surface area (Å²) >= 11 is 7.40. The number of thioether (sulfide) groups is 1. The fourth-order valence-electron chi connectivity index (χ4n) is 1.95. The molecule has 1 unspecified atom stereocenters. The van der Waals surface area contributed by atoms with Gasteiger partial charge < -0.3 is 5.32 Å². The maximum Gasteiger partial charge on any atom is 0.418 e. The minimum Gasteiger partial charge on any atom is -0.381 e. The van der Waals surface area contributed by atoms with Crippen LogP contribution in [-0.4, -0.2) is 17.5 Å². The summed E-state index contributed by atoms with van der Waals surface area (Å²) in [6, 6.07) is 3.96. The lowest BCUT2D eigenvalue weighted by molar-refractivity contribution is -0.137. The van der Waals surface area contributed by atoms with E-state index in [1.54, 1.807) is 11.8 Å². The zero-order valence-electron chi connectivity index (χ0n) is 9.56. The monoisotopic (exact) mass is 295 g/mol. The molecule has 2 rings (SSSR count). The average molecular weight is 296 g/mol. The number of hydrogen-bond donors (Lipinski definition) is 1. The van der Waals surface area contributed by atoms with E-state index in [4.69, 9.17) is 11.6 Å². The predicted octanol–water partition coefficient (Wildman–Crippen LogP) is 4.67. The van der Waals surface area contributed by atoms with Crippen molar-refractivity contribution < 1.29 is 13.2 Å². The molecule has 0 spiro atoms. The Morgan fingerprint density at radius 1 is 1.33 bits per heavy atom. The molecule has 1 N–H and O–H groups in total. The van der Waals surface area contributed by atoms with Crippen molar-refractivity contribution >= 4 is 29.1 Å². The summed E-state index contributed by atoms with van der Waals surface area (Å²) in [6.07, 6.45) is -2.43. The fraction of sp³-hybridized carbons (Fsp3) is 0.500. The van der Waals surface area contributed by atoms with Gasteiger partial charge in [-0.05, 0) is 36.8 Å². The zero-order chi connectivity index (χ0) is 13.2. The summed E-state index contributed by atoms with van der Waals surface area (Å²) in [5, 5.41) is 3.09. The molecular weight excluding hydrogens is 283 g/mol. The summed E-state index contributed by atoms with van der Waals surface area (Å²) in [6.45, 7) is 0. The predicted molar refractivity (Wildman–Crippen MR) is 70.4 cm³/mol. The van der Waals surface area contributed by atoms with Crippen LogP contribution in [0.3, 0.4) is 0 Å². The Kier molecular flexibility index (Phi) is 4.33. The summed E-state index contributed by atoms with van der Waals surface area (Å²) < 4.78 is 38.6. The van der Waals surface area contributed by atoms with Crippen LogP contribution in [0.15, 0.2) is 18.2 Å². The van der Waals surface area contributed by atoms with Gasteiger partial charge in [0.25, 0.3) is 0 Å². The van der Waals surface area contributed by atoms with Gasteiger partial charge in [-0.2, -0.15) is 24.9 Å². The number of halogens is 4. The van der Waals surface area contributed by atoms with Crippen LogP contribution in [0.4, 0.5) is 18.9 Å². The van der Waals surface area contributed by atoms with Crippen LogP contribution < -0.4 is 5.32 Å². The number of hydrogen-bond acceptors (Lipinski definition) is 2. The molecule has 1 fully saturated rings. The Bertz CT molecular complexity index is 416. The van der Waals surface area contributed by atoms with E-state index in [0.717, 1.165) is 30.4 Å². The Labute approximate surface area is 113 Å². The molecule has 18 heavy (non-hydrogen) atoms. The molecule has 0 saturated carbocycles. The molecule has 0 aromatic heterocycles. The molecule has 0 radical (unpaired) electrons. The van der Waals surface area contributed by atoms with Gasteiger partial charge in [-0.1, -0.05) is 11.6 Å². The van der Waals surface area contributed by atoms with Crippen LogP contribution >= 0.6 is 23.4 Å². The van der Waals surface area contributed by atoms with Gasteiger partial charge in [0, 0.05) is 22.5 Å². The molecule has 100 valence electrons. The number of nitrogens with one attached hydrogen (secondary N) is 1. The fourth-order valence-corrected chi connectivity index (χ4v) is 3.20. The Hall–Kier alpha value is -0.550. The molecule has 1 aromatic rings. The van der Waals surface area contributed by atoms with Crippen molar-refractivity contribution in [3.05, 3.63) is 28.8 Å². The minimum atomic E-state index is -4.38. The SMILES string of the molecule is FC(F)(F)c1cc(Cl)ccc1NC1CCCSC1. The molecule has 6 heteroatoms. The van der Waals surface area contributed by atoms with Crippen LogP contribution in [0, 0.1) is 0 Å². The number of anilines is 1.